The normalized spacial score (nSPS) is 10.8. The molecule has 0 spiro atoms. The van der Waals surface area contributed by atoms with Crippen molar-refractivity contribution >= 4 is 23.5 Å². The van der Waals surface area contributed by atoms with E-state index in [1.165, 1.54) is 0 Å². The molecule has 0 fully saturated rings. The molecule has 0 saturated carbocycles. The van der Waals surface area contributed by atoms with Gasteiger partial charge in [-0.05, 0) is 18.6 Å². The molecule has 1 rings (SSSR count). The van der Waals surface area contributed by atoms with E-state index in [2.05, 4.69) is 0 Å². The van der Waals surface area contributed by atoms with Gasteiger partial charge in [0.05, 0.1) is 5.02 Å². The molecule has 1 nitrogen and oxygen atoms in total. The summed E-state index contributed by atoms with van der Waals surface area (Å²) in [6, 6.07) is 5.51. The molecule has 1 aromatic rings. The van der Waals surface area contributed by atoms with Crippen molar-refractivity contribution in [1.82, 2.24) is 0 Å². The van der Waals surface area contributed by atoms with Gasteiger partial charge in [-0.15, -0.1) is 0 Å². The van der Waals surface area contributed by atoms with Crippen LogP contribution in [0.2, 0.25) is 5.02 Å². The molecular formula is C12H13ClO. The van der Waals surface area contributed by atoms with Gasteiger partial charge in [0, 0.05) is 12.0 Å². The molecule has 0 N–H and O–H groups in total. The molecule has 0 heterocycles. The van der Waals surface area contributed by atoms with Gasteiger partial charge in [-0.2, -0.15) is 0 Å². The number of carbonyl (C=O) groups excluding carboxylic acids is 1. The molecular weight excluding hydrogens is 196 g/mol. The van der Waals surface area contributed by atoms with Crippen LogP contribution in [0.4, 0.5) is 0 Å². The van der Waals surface area contributed by atoms with Gasteiger partial charge in [-0.1, -0.05) is 42.8 Å². The molecule has 0 amide bonds. The highest BCUT2D eigenvalue weighted by Crippen LogP contribution is 2.23. The van der Waals surface area contributed by atoms with E-state index in [1.54, 1.807) is 6.07 Å². The standard InChI is InChI=1S/C12H13ClO/c1-3-6-9-7-5-8-10(12(9)13)11(14)4-2/h3,5-8H,4H2,1-2H3. The molecule has 0 aromatic heterocycles. The molecule has 1 aromatic carbocycles. The fourth-order valence-corrected chi connectivity index (χ4v) is 1.56. The Balaban J connectivity index is 3.20. The van der Waals surface area contributed by atoms with Crippen LogP contribution in [0.25, 0.3) is 6.08 Å². The van der Waals surface area contributed by atoms with Gasteiger partial charge in [0.25, 0.3) is 0 Å². The van der Waals surface area contributed by atoms with Gasteiger partial charge >= 0.3 is 0 Å². The summed E-state index contributed by atoms with van der Waals surface area (Å²) in [5, 5.41) is 0.553. The average molecular weight is 209 g/mol. The van der Waals surface area contributed by atoms with Crippen molar-refractivity contribution in [3.63, 3.8) is 0 Å². The largest absolute Gasteiger partial charge is 0.294 e. The van der Waals surface area contributed by atoms with Crippen LogP contribution < -0.4 is 0 Å². The maximum Gasteiger partial charge on any atom is 0.164 e. The lowest BCUT2D eigenvalue weighted by atomic mass is 10.1. The van der Waals surface area contributed by atoms with Crippen LogP contribution in [0.1, 0.15) is 36.2 Å². The number of benzene rings is 1. The van der Waals surface area contributed by atoms with Crippen molar-refractivity contribution < 1.29 is 4.79 Å². The summed E-state index contributed by atoms with van der Waals surface area (Å²) in [5.74, 6) is 0.0846. The summed E-state index contributed by atoms with van der Waals surface area (Å²) in [6.45, 7) is 3.76. The Morgan fingerprint density at radius 3 is 2.79 bits per heavy atom. The van der Waals surface area contributed by atoms with Gasteiger partial charge in [0.15, 0.2) is 5.78 Å². The van der Waals surface area contributed by atoms with Crippen molar-refractivity contribution in [2.24, 2.45) is 0 Å². The summed E-state index contributed by atoms with van der Waals surface area (Å²) in [6.07, 6.45) is 4.29. The number of ketones is 1. The number of hydrogen-bond donors (Lipinski definition) is 0. The predicted octanol–water partition coefficient (Wildman–Crippen LogP) is 3.97. The van der Waals surface area contributed by atoms with Gasteiger partial charge in [-0.3, -0.25) is 4.79 Å². The summed E-state index contributed by atoms with van der Waals surface area (Å²) in [5.41, 5.74) is 1.51. The van der Waals surface area contributed by atoms with Gasteiger partial charge in [-0.25, -0.2) is 0 Å². The van der Waals surface area contributed by atoms with Gasteiger partial charge in [0.1, 0.15) is 0 Å². The average Bonchev–Trinajstić information content (AvgIpc) is 2.20. The van der Waals surface area contributed by atoms with Crippen LogP contribution in [0.15, 0.2) is 24.3 Å². The smallest absolute Gasteiger partial charge is 0.164 e. The van der Waals surface area contributed by atoms with E-state index in [-0.39, 0.29) is 5.78 Å². The molecule has 14 heavy (non-hydrogen) atoms. The Morgan fingerprint density at radius 2 is 2.21 bits per heavy atom. The highest BCUT2D eigenvalue weighted by Gasteiger charge is 2.09. The summed E-state index contributed by atoms with van der Waals surface area (Å²) in [7, 11) is 0. The highest BCUT2D eigenvalue weighted by atomic mass is 35.5. The van der Waals surface area contributed by atoms with Crippen molar-refractivity contribution in [2.75, 3.05) is 0 Å². The summed E-state index contributed by atoms with van der Waals surface area (Å²) >= 11 is 6.09. The lowest BCUT2D eigenvalue weighted by molar-refractivity contribution is 0.0988. The van der Waals surface area contributed by atoms with Crippen LogP contribution in [-0.4, -0.2) is 5.78 Å². The third-order valence-corrected chi connectivity index (χ3v) is 2.42. The maximum atomic E-state index is 11.5. The first kappa shape index (κ1) is 11.0. The van der Waals surface area contributed by atoms with Crippen LogP contribution in [0.5, 0.6) is 0 Å². The number of hydrogen-bond acceptors (Lipinski definition) is 1. The van der Waals surface area contributed by atoms with E-state index in [1.807, 2.05) is 38.1 Å². The van der Waals surface area contributed by atoms with E-state index in [4.69, 9.17) is 11.6 Å². The van der Waals surface area contributed by atoms with Crippen molar-refractivity contribution in [2.45, 2.75) is 20.3 Å². The quantitative estimate of drug-likeness (QED) is 0.687. The summed E-state index contributed by atoms with van der Waals surface area (Å²) < 4.78 is 0. The monoisotopic (exact) mass is 208 g/mol. The second-order valence-corrected chi connectivity index (χ2v) is 3.36. The molecule has 0 atom stereocenters. The molecule has 0 aliphatic carbocycles. The molecule has 0 saturated heterocycles. The van der Waals surface area contributed by atoms with Crippen molar-refractivity contribution in [3.05, 3.63) is 40.4 Å². The molecule has 0 aliphatic heterocycles. The van der Waals surface area contributed by atoms with Crippen molar-refractivity contribution in [3.8, 4) is 0 Å². The minimum atomic E-state index is 0.0846. The Kier molecular flexibility index (Phi) is 3.90. The van der Waals surface area contributed by atoms with Crippen molar-refractivity contribution in [1.29, 1.82) is 0 Å². The first-order valence-corrected chi connectivity index (χ1v) is 5.03. The number of rotatable bonds is 3. The minimum Gasteiger partial charge on any atom is -0.294 e. The predicted molar refractivity (Wildman–Crippen MR) is 60.8 cm³/mol. The van der Waals surface area contributed by atoms with Gasteiger partial charge in [0.2, 0.25) is 0 Å². The lowest BCUT2D eigenvalue weighted by Crippen LogP contribution is -1.98. The Labute approximate surface area is 89.4 Å². The van der Waals surface area contributed by atoms with Crippen LogP contribution in [-0.2, 0) is 0 Å². The molecule has 74 valence electrons. The topological polar surface area (TPSA) is 17.1 Å². The van der Waals surface area contributed by atoms with Crippen LogP contribution >= 0.6 is 11.6 Å². The zero-order valence-electron chi connectivity index (χ0n) is 8.38. The second-order valence-electron chi connectivity index (χ2n) is 2.99. The number of halogens is 1. The van der Waals surface area contributed by atoms with E-state index in [0.29, 0.717) is 17.0 Å². The van der Waals surface area contributed by atoms with E-state index >= 15 is 0 Å². The lowest BCUT2D eigenvalue weighted by Gasteiger charge is -2.04. The SMILES string of the molecule is CC=Cc1cccc(C(=O)CC)c1Cl. The Morgan fingerprint density at radius 1 is 1.50 bits per heavy atom. The molecule has 0 aliphatic rings. The molecule has 2 heteroatoms. The van der Waals surface area contributed by atoms with E-state index < -0.39 is 0 Å². The first-order chi connectivity index (χ1) is 6.70. The zero-order chi connectivity index (χ0) is 10.6. The zero-order valence-corrected chi connectivity index (χ0v) is 9.14. The van der Waals surface area contributed by atoms with E-state index in [9.17, 15) is 4.79 Å². The Bertz CT molecular complexity index is 367. The first-order valence-electron chi connectivity index (χ1n) is 4.65. The summed E-state index contributed by atoms with van der Waals surface area (Å²) in [4.78, 5) is 11.5. The number of carbonyl (C=O) groups is 1. The maximum absolute atomic E-state index is 11.5. The van der Waals surface area contributed by atoms with Gasteiger partial charge < -0.3 is 0 Å². The molecule has 0 radical (unpaired) electrons. The third-order valence-electron chi connectivity index (χ3n) is 2.00. The highest BCUT2D eigenvalue weighted by molar-refractivity contribution is 6.35. The van der Waals surface area contributed by atoms with Crippen LogP contribution in [0.3, 0.4) is 0 Å². The minimum absolute atomic E-state index is 0.0846. The number of allylic oxidation sites excluding steroid dienone is 1. The number of Topliss-reactive ketones (excluding diaryl/α,β-unsaturated/α-hetero) is 1. The third kappa shape index (κ3) is 2.24. The molecule has 0 unspecified atom stereocenters. The Hall–Kier alpha value is -1.08. The molecule has 0 bridgehead atoms. The van der Waals surface area contributed by atoms with E-state index in [0.717, 1.165) is 5.56 Å². The fraction of sp³-hybridized carbons (Fsp3) is 0.250. The second kappa shape index (κ2) is 4.97. The fourth-order valence-electron chi connectivity index (χ4n) is 1.26. The van der Waals surface area contributed by atoms with Crippen LogP contribution in [0, 0.1) is 0 Å².